The van der Waals surface area contributed by atoms with Gasteiger partial charge in [-0.2, -0.15) is 0 Å². The number of hydrogen-bond acceptors (Lipinski definition) is 7. The molecule has 1 unspecified atom stereocenters. The maximum absolute atomic E-state index is 12.3. The first-order valence-electron chi connectivity index (χ1n) is 7.72. The second kappa shape index (κ2) is 10.0. The number of hydrazine groups is 1. The smallest absolute Gasteiger partial charge is 0.424 e. The standard InChI is InChI=1S/C13H27N3O6S/c1-3-5-16(15-6-9-21-10-7-15)13(18)22-11-12(4-8-17)14-23(2,19)20/h12,14,17H,3-11H2,1-2H3. The number of carbonyl (C=O) groups is 1. The molecule has 0 aliphatic carbocycles. The number of aliphatic hydroxyl groups is 1. The molecule has 0 bridgehead atoms. The first kappa shape index (κ1) is 20.1. The molecule has 0 spiro atoms. The second-order valence-electron chi connectivity index (χ2n) is 5.37. The van der Waals surface area contributed by atoms with Gasteiger partial charge in [-0.25, -0.2) is 28.0 Å². The summed E-state index contributed by atoms with van der Waals surface area (Å²) in [5, 5.41) is 12.4. The first-order valence-corrected chi connectivity index (χ1v) is 9.61. The van der Waals surface area contributed by atoms with Crippen molar-refractivity contribution < 1.29 is 27.8 Å². The Hall–Kier alpha value is -0.940. The van der Waals surface area contributed by atoms with Crippen LogP contribution in [0.5, 0.6) is 0 Å². The SMILES string of the molecule is CCCN(C(=O)OCC(CCO)NS(C)(=O)=O)N1CCOCC1. The van der Waals surface area contributed by atoms with Crippen molar-refractivity contribution in [2.45, 2.75) is 25.8 Å². The lowest BCUT2D eigenvalue weighted by Gasteiger charge is -2.36. The third kappa shape index (κ3) is 7.93. The molecule has 0 aromatic rings. The van der Waals surface area contributed by atoms with Crippen molar-refractivity contribution in [3.63, 3.8) is 0 Å². The summed E-state index contributed by atoms with van der Waals surface area (Å²) in [6.07, 6.45) is 1.45. The summed E-state index contributed by atoms with van der Waals surface area (Å²) >= 11 is 0. The number of nitrogens with zero attached hydrogens (tertiary/aromatic N) is 2. The molecule has 1 aliphatic rings. The van der Waals surface area contributed by atoms with E-state index in [-0.39, 0.29) is 19.6 Å². The number of amides is 1. The number of nitrogens with one attached hydrogen (secondary N) is 1. The fourth-order valence-corrected chi connectivity index (χ4v) is 3.03. The number of rotatable bonds is 9. The van der Waals surface area contributed by atoms with Crippen LogP contribution in [0.4, 0.5) is 4.79 Å². The highest BCUT2D eigenvalue weighted by atomic mass is 32.2. The summed E-state index contributed by atoms with van der Waals surface area (Å²) in [6.45, 7) is 4.47. The van der Waals surface area contributed by atoms with Crippen molar-refractivity contribution in [3.05, 3.63) is 0 Å². The Morgan fingerprint density at radius 2 is 2.09 bits per heavy atom. The molecule has 1 atom stereocenters. The Bertz CT molecular complexity index is 453. The van der Waals surface area contributed by atoms with E-state index in [1.54, 1.807) is 0 Å². The average Bonchev–Trinajstić information content (AvgIpc) is 2.49. The van der Waals surface area contributed by atoms with E-state index in [1.807, 2.05) is 11.9 Å². The zero-order valence-electron chi connectivity index (χ0n) is 13.7. The normalized spacial score (nSPS) is 17.7. The maximum Gasteiger partial charge on any atom is 0.424 e. The van der Waals surface area contributed by atoms with Gasteiger partial charge in [-0.1, -0.05) is 6.92 Å². The molecule has 10 heteroatoms. The predicted octanol–water partition coefficient (Wildman–Crippen LogP) is -0.618. The van der Waals surface area contributed by atoms with E-state index in [0.29, 0.717) is 32.8 Å². The van der Waals surface area contributed by atoms with Gasteiger partial charge in [0.15, 0.2) is 0 Å². The van der Waals surface area contributed by atoms with Gasteiger partial charge in [-0.15, -0.1) is 0 Å². The molecule has 1 amide bonds. The van der Waals surface area contributed by atoms with Crippen LogP contribution in [0.2, 0.25) is 0 Å². The highest BCUT2D eigenvalue weighted by molar-refractivity contribution is 7.88. The van der Waals surface area contributed by atoms with Crippen molar-refractivity contribution >= 4 is 16.1 Å². The van der Waals surface area contributed by atoms with Gasteiger partial charge in [0.1, 0.15) is 6.61 Å². The summed E-state index contributed by atoms with van der Waals surface area (Å²) in [6, 6.07) is -0.646. The topological polar surface area (TPSA) is 108 Å². The molecule has 1 rings (SSSR count). The maximum atomic E-state index is 12.3. The largest absolute Gasteiger partial charge is 0.447 e. The Morgan fingerprint density at radius 3 is 2.61 bits per heavy atom. The monoisotopic (exact) mass is 353 g/mol. The van der Waals surface area contributed by atoms with Gasteiger partial charge >= 0.3 is 6.09 Å². The fraction of sp³-hybridized carbons (Fsp3) is 0.923. The van der Waals surface area contributed by atoms with Crippen LogP contribution >= 0.6 is 0 Å². The van der Waals surface area contributed by atoms with Gasteiger partial charge in [0.2, 0.25) is 10.0 Å². The van der Waals surface area contributed by atoms with Crippen LogP contribution in [0.1, 0.15) is 19.8 Å². The molecule has 0 aromatic heterocycles. The molecule has 0 radical (unpaired) electrons. The van der Waals surface area contributed by atoms with E-state index >= 15 is 0 Å². The van der Waals surface area contributed by atoms with Crippen LogP contribution in [0.15, 0.2) is 0 Å². The van der Waals surface area contributed by atoms with Gasteiger partial charge < -0.3 is 14.6 Å². The zero-order chi connectivity index (χ0) is 17.3. The molecule has 1 heterocycles. The summed E-state index contributed by atoms with van der Waals surface area (Å²) in [4.78, 5) is 12.3. The first-order chi connectivity index (χ1) is 10.9. The molecule has 1 fully saturated rings. The van der Waals surface area contributed by atoms with Crippen molar-refractivity contribution in [2.24, 2.45) is 0 Å². The van der Waals surface area contributed by atoms with E-state index in [4.69, 9.17) is 14.6 Å². The van der Waals surface area contributed by atoms with Gasteiger partial charge in [0.05, 0.1) is 25.5 Å². The summed E-state index contributed by atoms with van der Waals surface area (Å²) in [7, 11) is -3.44. The molecular weight excluding hydrogens is 326 g/mol. The van der Waals surface area contributed by atoms with E-state index in [1.165, 1.54) is 5.01 Å². The summed E-state index contributed by atoms with van der Waals surface area (Å²) < 4.78 is 35.4. The second-order valence-corrected chi connectivity index (χ2v) is 7.15. The van der Waals surface area contributed by atoms with Gasteiger partial charge in [-0.3, -0.25) is 0 Å². The number of hydrogen-bond donors (Lipinski definition) is 2. The lowest BCUT2D eigenvalue weighted by Crippen LogP contribution is -2.52. The van der Waals surface area contributed by atoms with Crippen LogP contribution < -0.4 is 4.72 Å². The van der Waals surface area contributed by atoms with Crippen molar-refractivity contribution in [1.82, 2.24) is 14.7 Å². The molecule has 136 valence electrons. The number of sulfonamides is 1. The minimum absolute atomic E-state index is 0.128. The van der Waals surface area contributed by atoms with Crippen LogP contribution in [0.3, 0.4) is 0 Å². The zero-order valence-corrected chi connectivity index (χ0v) is 14.5. The molecule has 0 saturated carbocycles. The molecular formula is C13H27N3O6S. The number of morpholine rings is 1. The molecule has 2 N–H and O–H groups in total. The van der Waals surface area contributed by atoms with E-state index in [9.17, 15) is 13.2 Å². The number of carbonyl (C=O) groups excluding carboxylic acids is 1. The Balaban J connectivity index is 2.58. The highest BCUT2D eigenvalue weighted by Gasteiger charge is 2.25. The van der Waals surface area contributed by atoms with E-state index in [0.717, 1.165) is 12.7 Å². The quantitative estimate of drug-likeness (QED) is 0.569. The van der Waals surface area contributed by atoms with Crippen molar-refractivity contribution in [3.8, 4) is 0 Å². The van der Waals surface area contributed by atoms with Crippen LogP contribution in [-0.4, -0.2) is 88.0 Å². The van der Waals surface area contributed by atoms with Crippen LogP contribution in [0.25, 0.3) is 0 Å². The molecule has 0 aromatic carbocycles. The lowest BCUT2D eigenvalue weighted by molar-refractivity contribution is -0.0801. The van der Waals surface area contributed by atoms with E-state index < -0.39 is 22.2 Å². The van der Waals surface area contributed by atoms with Gasteiger partial charge in [-0.05, 0) is 12.8 Å². The molecule has 1 aliphatic heterocycles. The number of ether oxygens (including phenoxy) is 2. The predicted molar refractivity (Wildman–Crippen MR) is 84.2 cm³/mol. The number of aliphatic hydroxyl groups excluding tert-OH is 1. The molecule has 9 nitrogen and oxygen atoms in total. The minimum Gasteiger partial charge on any atom is -0.447 e. The Kier molecular flexibility index (Phi) is 8.77. The van der Waals surface area contributed by atoms with Crippen LogP contribution in [-0.2, 0) is 19.5 Å². The molecule has 1 saturated heterocycles. The summed E-state index contributed by atoms with van der Waals surface area (Å²) in [5.41, 5.74) is 0. The average molecular weight is 353 g/mol. The lowest BCUT2D eigenvalue weighted by atomic mass is 10.2. The minimum atomic E-state index is -3.44. The summed E-state index contributed by atoms with van der Waals surface area (Å²) in [5.74, 6) is 0. The van der Waals surface area contributed by atoms with Crippen molar-refractivity contribution in [2.75, 3.05) is 52.3 Å². The van der Waals surface area contributed by atoms with Crippen molar-refractivity contribution in [1.29, 1.82) is 0 Å². The van der Waals surface area contributed by atoms with E-state index in [2.05, 4.69) is 4.72 Å². The Morgan fingerprint density at radius 1 is 1.43 bits per heavy atom. The highest BCUT2D eigenvalue weighted by Crippen LogP contribution is 2.07. The van der Waals surface area contributed by atoms with Crippen LogP contribution in [0, 0.1) is 0 Å². The third-order valence-electron chi connectivity index (χ3n) is 3.24. The molecule has 23 heavy (non-hydrogen) atoms. The van der Waals surface area contributed by atoms with Gasteiger partial charge in [0, 0.05) is 26.2 Å². The third-order valence-corrected chi connectivity index (χ3v) is 4.00. The Labute approximate surface area is 137 Å². The fourth-order valence-electron chi connectivity index (χ4n) is 2.24. The van der Waals surface area contributed by atoms with Gasteiger partial charge in [0.25, 0.3) is 0 Å².